The molecule has 0 aromatic heterocycles. The molecule has 0 spiro atoms. The molecule has 1 aliphatic carbocycles. The third kappa shape index (κ3) is 8.17. The van der Waals surface area contributed by atoms with Crippen molar-refractivity contribution in [1.29, 1.82) is 0 Å². The Morgan fingerprint density at radius 1 is 1.06 bits per heavy atom. The number of piperazine rings is 1. The number of halogens is 3. The van der Waals surface area contributed by atoms with Crippen LogP contribution in [-0.2, 0) is 19.6 Å². The number of carbonyl (C=O) groups is 2. The van der Waals surface area contributed by atoms with E-state index in [9.17, 15) is 26.4 Å². The lowest BCUT2D eigenvalue weighted by atomic mass is 9.95. The SMILES string of the molecule is Cc1cc(C)c(S(=O)(=O)N(CCC(=O)N2CCNCC2)C2CCCCC2)c(C)c1.O=C(O)C(F)(F)F. The van der Waals surface area contributed by atoms with Crippen LogP contribution in [0.25, 0.3) is 0 Å². The maximum absolute atomic E-state index is 13.8. The molecule has 1 amide bonds. The fraction of sp³-hybridized carbons (Fsp3) is 0.667. The van der Waals surface area contributed by atoms with E-state index in [1.165, 1.54) is 0 Å². The third-order valence-corrected chi connectivity index (χ3v) is 8.67. The number of hydrogen-bond acceptors (Lipinski definition) is 5. The summed E-state index contributed by atoms with van der Waals surface area (Å²) < 4.78 is 60.9. The molecular formula is C24H36F3N3O5S. The van der Waals surface area contributed by atoms with Gasteiger partial charge in [0.15, 0.2) is 0 Å². The summed E-state index contributed by atoms with van der Waals surface area (Å²) in [6, 6.07) is 3.86. The summed E-state index contributed by atoms with van der Waals surface area (Å²) in [5.41, 5.74) is 2.64. The fourth-order valence-corrected chi connectivity index (χ4v) is 6.94. The normalized spacial score (nSPS) is 17.5. The lowest BCUT2D eigenvalue weighted by Crippen LogP contribution is -2.48. The average Bonchev–Trinajstić information content (AvgIpc) is 2.79. The number of carbonyl (C=O) groups excluding carboxylic acids is 1. The number of nitrogens with one attached hydrogen (secondary N) is 1. The number of carboxylic acid groups (broad SMARTS) is 1. The largest absolute Gasteiger partial charge is 0.490 e. The molecule has 1 saturated carbocycles. The van der Waals surface area contributed by atoms with Crippen LogP contribution in [0.4, 0.5) is 13.2 Å². The van der Waals surface area contributed by atoms with Crippen LogP contribution in [0.3, 0.4) is 0 Å². The Morgan fingerprint density at radius 2 is 1.56 bits per heavy atom. The number of nitrogens with zero attached hydrogens (tertiary/aromatic N) is 2. The van der Waals surface area contributed by atoms with Gasteiger partial charge < -0.3 is 15.3 Å². The summed E-state index contributed by atoms with van der Waals surface area (Å²) in [6.07, 6.45) is 0.185. The van der Waals surface area contributed by atoms with Crippen molar-refractivity contribution in [2.24, 2.45) is 0 Å². The summed E-state index contributed by atoms with van der Waals surface area (Å²) in [6.45, 7) is 9.01. The van der Waals surface area contributed by atoms with Gasteiger partial charge in [-0.15, -0.1) is 0 Å². The molecule has 0 radical (unpaired) electrons. The van der Waals surface area contributed by atoms with Gasteiger partial charge in [-0.25, -0.2) is 13.2 Å². The van der Waals surface area contributed by atoms with Crippen LogP contribution in [-0.4, -0.2) is 79.5 Å². The highest BCUT2D eigenvalue weighted by molar-refractivity contribution is 7.89. The standard InChI is InChI=1S/C22H35N3O3S.C2HF3O2/c1-17-15-18(2)22(19(3)16-17)29(27,28)25(20-7-5-4-6-8-20)12-9-21(26)24-13-10-23-11-14-24;3-2(4,5)1(6)7/h15-16,20,23H,4-14H2,1-3H3;(H,6,7). The molecule has 1 saturated heterocycles. The molecular weight excluding hydrogens is 499 g/mol. The van der Waals surface area contributed by atoms with Crippen molar-refractivity contribution in [2.75, 3.05) is 32.7 Å². The number of aliphatic carboxylic acids is 1. The van der Waals surface area contributed by atoms with E-state index in [4.69, 9.17) is 9.90 Å². The summed E-state index contributed by atoms with van der Waals surface area (Å²) >= 11 is 0. The van der Waals surface area contributed by atoms with Gasteiger partial charge in [-0.2, -0.15) is 17.5 Å². The minimum absolute atomic E-state index is 0.00956. The molecule has 1 aromatic rings. The number of alkyl halides is 3. The van der Waals surface area contributed by atoms with Crippen LogP contribution in [0, 0.1) is 20.8 Å². The number of carboxylic acids is 1. The zero-order valence-electron chi connectivity index (χ0n) is 21.0. The molecule has 12 heteroatoms. The first-order valence-corrected chi connectivity index (χ1v) is 13.6. The van der Waals surface area contributed by atoms with Gasteiger partial charge in [-0.05, 0) is 44.7 Å². The predicted molar refractivity (Wildman–Crippen MR) is 129 cm³/mol. The monoisotopic (exact) mass is 535 g/mol. The van der Waals surface area contributed by atoms with Crippen molar-refractivity contribution in [3.8, 4) is 0 Å². The minimum atomic E-state index is -5.08. The van der Waals surface area contributed by atoms with Gasteiger partial charge in [0.25, 0.3) is 0 Å². The van der Waals surface area contributed by atoms with Gasteiger partial charge in [0, 0.05) is 45.2 Å². The second-order valence-electron chi connectivity index (χ2n) is 9.32. The van der Waals surface area contributed by atoms with E-state index < -0.39 is 22.2 Å². The van der Waals surface area contributed by atoms with Crippen LogP contribution in [0.5, 0.6) is 0 Å². The van der Waals surface area contributed by atoms with E-state index in [-0.39, 0.29) is 24.9 Å². The van der Waals surface area contributed by atoms with Crippen molar-refractivity contribution >= 4 is 21.9 Å². The van der Waals surface area contributed by atoms with E-state index in [1.54, 1.807) is 4.31 Å². The molecule has 0 atom stereocenters. The van der Waals surface area contributed by atoms with Crippen molar-refractivity contribution in [3.63, 3.8) is 0 Å². The minimum Gasteiger partial charge on any atom is -0.475 e. The smallest absolute Gasteiger partial charge is 0.475 e. The second-order valence-corrected chi connectivity index (χ2v) is 11.1. The number of aryl methyl sites for hydroxylation is 3. The van der Waals surface area contributed by atoms with Gasteiger partial charge in [0.05, 0.1) is 4.90 Å². The van der Waals surface area contributed by atoms with E-state index in [0.29, 0.717) is 18.0 Å². The first-order chi connectivity index (χ1) is 16.7. The zero-order chi connectivity index (χ0) is 27.1. The Hall–Kier alpha value is -2.18. The van der Waals surface area contributed by atoms with Crippen molar-refractivity contribution in [1.82, 2.24) is 14.5 Å². The summed E-state index contributed by atoms with van der Waals surface area (Å²) in [5.74, 6) is -2.70. The summed E-state index contributed by atoms with van der Waals surface area (Å²) in [5, 5.41) is 10.4. The van der Waals surface area contributed by atoms with Crippen LogP contribution >= 0.6 is 0 Å². The Kier molecular flexibility index (Phi) is 10.7. The molecule has 2 fully saturated rings. The van der Waals surface area contributed by atoms with E-state index >= 15 is 0 Å². The molecule has 2 aliphatic rings. The lowest BCUT2D eigenvalue weighted by molar-refractivity contribution is -0.192. The van der Waals surface area contributed by atoms with Crippen LogP contribution in [0.2, 0.25) is 0 Å². The van der Waals surface area contributed by atoms with Gasteiger partial charge in [-0.3, -0.25) is 4.79 Å². The molecule has 2 N–H and O–H groups in total. The first-order valence-electron chi connectivity index (χ1n) is 12.1. The summed E-state index contributed by atoms with van der Waals surface area (Å²) in [7, 11) is -3.65. The first kappa shape index (κ1) is 30.0. The molecule has 204 valence electrons. The maximum atomic E-state index is 13.8. The van der Waals surface area contributed by atoms with E-state index in [1.807, 2.05) is 37.8 Å². The van der Waals surface area contributed by atoms with Crippen LogP contribution < -0.4 is 5.32 Å². The van der Waals surface area contributed by atoms with E-state index in [2.05, 4.69) is 5.32 Å². The molecule has 1 heterocycles. The third-order valence-electron chi connectivity index (χ3n) is 6.41. The fourth-order valence-electron chi connectivity index (χ4n) is 4.84. The Bertz CT molecular complexity index is 995. The van der Waals surface area contributed by atoms with Gasteiger partial charge in [0.2, 0.25) is 15.9 Å². The average molecular weight is 536 g/mol. The molecule has 3 rings (SSSR count). The molecule has 8 nitrogen and oxygen atoms in total. The zero-order valence-corrected chi connectivity index (χ0v) is 21.8. The molecule has 1 aromatic carbocycles. The highest BCUT2D eigenvalue weighted by atomic mass is 32.2. The maximum Gasteiger partial charge on any atom is 0.490 e. The highest BCUT2D eigenvalue weighted by Gasteiger charge is 2.38. The topological polar surface area (TPSA) is 107 Å². The number of amides is 1. The van der Waals surface area contributed by atoms with Crippen LogP contribution in [0.15, 0.2) is 17.0 Å². The van der Waals surface area contributed by atoms with Crippen LogP contribution in [0.1, 0.15) is 55.2 Å². The Morgan fingerprint density at radius 3 is 2.03 bits per heavy atom. The van der Waals surface area contributed by atoms with Crippen molar-refractivity contribution in [2.45, 2.75) is 76.4 Å². The van der Waals surface area contributed by atoms with Crippen molar-refractivity contribution < 1.29 is 36.3 Å². The highest BCUT2D eigenvalue weighted by Crippen LogP contribution is 2.31. The van der Waals surface area contributed by atoms with Gasteiger partial charge in [-0.1, -0.05) is 37.0 Å². The van der Waals surface area contributed by atoms with Gasteiger partial charge >= 0.3 is 12.1 Å². The number of rotatable bonds is 6. The van der Waals surface area contributed by atoms with Gasteiger partial charge in [0.1, 0.15) is 0 Å². The summed E-state index contributed by atoms with van der Waals surface area (Å²) in [4.78, 5) is 23.9. The molecule has 0 unspecified atom stereocenters. The molecule has 0 bridgehead atoms. The quantitative estimate of drug-likeness (QED) is 0.579. The van der Waals surface area contributed by atoms with E-state index in [0.717, 1.165) is 61.9 Å². The molecule has 1 aliphatic heterocycles. The van der Waals surface area contributed by atoms with Crippen molar-refractivity contribution in [3.05, 3.63) is 28.8 Å². The predicted octanol–water partition coefficient (Wildman–Crippen LogP) is 3.39. The lowest BCUT2D eigenvalue weighted by Gasteiger charge is -2.35. The Labute approximate surface area is 210 Å². The number of hydrogen-bond donors (Lipinski definition) is 2. The number of sulfonamides is 1. The molecule has 36 heavy (non-hydrogen) atoms. The number of benzene rings is 1. The Balaban J connectivity index is 0.000000572. The second kappa shape index (κ2) is 12.9.